The van der Waals surface area contributed by atoms with Gasteiger partial charge < -0.3 is 10.6 Å². The smallest absolute Gasteiger partial charge is 0.191 e. The van der Waals surface area contributed by atoms with Crippen LogP contribution in [-0.2, 0) is 20.1 Å². The first-order chi connectivity index (χ1) is 10.6. The predicted octanol–water partition coefficient (Wildman–Crippen LogP) is 2.29. The average Bonchev–Trinajstić information content (AvgIpc) is 2.89. The first-order valence-corrected chi connectivity index (χ1v) is 7.64. The van der Waals surface area contributed by atoms with Crippen LogP contribution in [-0.4, -0.2) is 22.3 Å². The number of aromatic nitrogens is 2. The van der Waals surface area contributed by atoms with Crippen LogP contribution < -0.4 is 10.6 Å². The van der Waals surface area contributed by atoms with Crippen molar-refractivity contribution in [3.05, 3.63) is 52.8 Å². The summed E-state index contributed by atoms with van der Waals surface area (Å²) in [7, 11) is 1.91. The van der Waals surface area contributed by atoms with Gasteiger partial charge in [-0.3, -0.25) is 4.68 Å². The largest absolute Gasteiger partial charge is 0.357 e. The van der Waals surface area contributed by atoms with Crippen molar-refractivity contribution >= 4 is 5.96 Å². The minimum atomic E-state index is 0.621. The van der Waals surface area contributed by atoms with E-state index in [1.54, 1.807) is 4.68 Å². The molecule has 0 bridgehead atoms. The van der Waals surface area contributed by atoms with Gasteiger partial charge in [-0.2, -0.15) is 5.10 Å². The van der Waals surface area contributed by atoms with Gasteiger partial charge in [0.2, 0.25) is 0 Å². The van der Waals surface area contributed by atoms with E-state index < -0.39 is 0 Å². The highest BCUT2D eigenvalue weighted by molar-refractivity contribution is 5.79. The molecule has 0 atom stereocenters. The van der Waals surface area contributed by atoms with Crippen LogP contribution in [0, 0.1) is 13.8 Å². The second-order valence-corrected chi connectivity index (χ2v) is 5.50. The molecule has 0 aliphatic carbocycles. The number of benzene rings is 1. The lowest BCUT2D eigenvalue weighted by molar-refractivity contribution is 0.766. The third-order valence-electron chi connectivity index (χ3n) is 3.47. The van der Waals surface area contributed by atoms with E-state index in [1.807, 2.05) is 19.4 Å². The number of nitrogens with one attached hydrogen (secondary N) is 2. The summed E-state index contributed by atoms with van der Waals surface area (Å²) >= 11 is 0. The molecule has 118 valence electrons. The molecule has 1 aromatic heterocycles. The van der Waals surface area contributed by atoms with Crippen molar-refractivity contribution in [2.24, 2.45) is 12.0 Å². The first kappa shape index (κ1) is 16.1. The van der Waals surface area contributed by atoms with Gasteiger partial charge >= 0.3 is 0 Å². The third kappa shape index (κ3) is 4.62. The standard InChI is InChI=1S/C17H25N5/c1-5-18-17(19-9-15-10-21-22(4)12-15)20-11-16-7-6-13(2)8-14(16)3/h6-8,10,12H,5,9,11H2,1-4H3,(H2,18,19,20). The van der Waals surface area contributed by atoms with Gasteiger partial charge in [-0.15, -0.1) is 0 Å². The van der Waals surface area contributed by atoms with Crippen molar-refractivity contribution in [2.75, 3.05) is 6.54 Å². The first-order valence-electron chi connectivity index (χ1n) is 7.64. The Morgan fingerprint density at radius 3 is 2.73 bits per heavy atom. The van der Waals surface area contributed by atoms with Crippen molar-refractivity contribution in [1.82, 2.24) is 20.4 Å². The van der Waals surface area contributed by atoms with Crippen molar-refractivity contribution in [1.29, 1.82) is 0 Å². The molecule has 0 spiro atoms. The maximum Gasteiger partial charge on any atom is 0.191 e. The number of hydrogen-bond acceptors (Lipinski definition) is 2. The van der Waals surface area contributed by atoms with Crippen molar-refractivity contribution in [2.45, 2.75) is 33.9 Å². The van der Waals surface area contributed by atoms with Gasteiger partial charge in [0.25, 0.3) is 0 Å². The summed E-state index contributed by atoms with van der Waals surface area (Å²) in [5.41, 5.74) is 4.98. The van der Waals surface area contributed by atoms with Crippen LogP contribution >= 0.6 is 0 Å². The Hall–Kier alpha value is -2.30. The molecule has 0 unspecified atom stereocenters. The quantitative estimate of drug-likeness (QED) is 0.658. The van der Waals surface area contributed by atoms with Gasteiger partial charge in [-0.05, 0) is 31.9 Å². The Morgan fingerprint density at radius 1 is 1.27 bits per heavy atom. The summed E-state index contributed by atoms with van der Waals surface area (Å²) < 4.78 is 1.79. The summed E-state index contributed by atoms with van der Waals surface area (Å²) in [6.07, 6.45) is 3.83. The molecular formula is C17H25N5. The summed E-state index contributed by atoms with van der Waals surface area (Å²) in [4.78, 5) is 4.60. The van der Waals surface area contributed by atoms with Crippen LogP contribution in [0.2, 0.25) is 0 Å². The van der Waals surface area contributed by atoms with Gasteiger partial charge in [0.05, 0.1) is 12.7 Å². The zero-order valence-corrected chi connectivity index (χ0v) is 13.8. The molecule has 5 nitrogen and oxygen atoms in total. The lowest BCUT2D eigenvalue weighted by atomic mass is 10.1. The fraction of sp³-hybridized carbons (Fsp3) is 0.412. The Balaban J connectivity index is 1.98. The fourth-order valence-electron chi connectivity index (χ4n) is 2.29. The molecule has 0 radical (unpaired) electrons. The molecule has 2 rings (SSSR count). The molecule has 0 saturated carbocycles. The second kappa shape index (κ2) is 7.64. The lowest BCUT2D eigenvalue weighted by Crippen LogP contribution is -2.36. The van der Waals surface area contributed by atoms with E-state index >= 15 is 0 Å². The molecule has 2 aromatic rings. The summed E-state index contributed by atoms with van der Waals surface area (Å²) in [5.74, 6) is 0.825. The van der Waals surface area contributed by atoms with Crippen LogP contribution in [0.5, 0.6) is 0 Å². The molecule has 0 amide bonds. The Bertz CT molecular complexity index is 642. The highest BCUT2D eigenvalue weighted by atomic mass is 15.2. The Kier molecular flexibility index (Phi) is 5.58. The van der Waals surface area contributed by atoms with Crippen LogP contribution in [0.3, 0.4) is 0 Å². The molecule has 22 heavy (non-hydrogen) atoms. The number of aryl methyl sites for hydroxylation is 3. The zero-order chi connectivity index (χ0) is 15.9. The van der Waals surface area contributed by atoms with E-state index in [-0.39, 0.29) is 0 Å². The Morgan fingerprint density at radius 2 is 2.09 bits per heavy atom. The maximum absolute atomic E-state index is 4.60. The molecule has 0 fully saturated rings. The molecule has 0 aliphatic rings. The van der Waals surface area contributed by atoms with Crippen LogP contribution in [0.15, 0.2) is 35.6 Å². The molecule has 5 heteroatoms. The predicted molar refractivity (Wildman–Crippen MR) is 90.8 cm³/mol. The molecule has 1 aromatic carbocycles. The van der Waals surface area contributed by atoms with Gasteiger partial charge in [0.1, 0.15) is 0 Å². The van der Waals surface area contributed by atoms with Crippen molar-refractivity contribution in [3.63, 3.8) is 0 Å². The maximum atomic E-state index is 4.60. The third-order valence-corrected chi connectivity index (χ3v) is 3.47. The fourth-order valence-corrected chi connectivity index (χ4v) is 2.29. The van der Waals surface area contributed by atoms with Crippen LogP contribution in [0.1, 0.15) is 29.2 Å². The minimum absolute atomic E-state index is 0.621. The monoisotopic (exact) mass is 299 g/mol. The molecule has 0 saturated heterocycles. The highest BCUT2D eigenvalue weighted by Gasteiger charge is 2.02. The van der Waals surface area contributed by atoms with Gasteiger partial charge in [-0.25, -0.2) is 4.99 Å². The number of nitrogens with zero attached hydrogens (tertiary/aromatic N) is 3. The Labute approximate surface area is 132 Å². The zero-order valence-electron chi connectivity index (χ0n) is 13.8. The van der Waals surface area contributed by atoms with E-state index in [2.05, 4.69) is 59.7 Å². The molecule has 0 aliphatic heterocycles. The molecule has 2 N–H and O–H groups in total. The topological polar surface area (TPSA) is 54.2 Å². The van der Waals surface area contributed by atoms with E-state index in [1.165, 1.54) is 16.7 Å². The summed E-state index contributed by atoms with van der Waals surface area (Å²) in [6, 6.07) is 6.52. The van der Waals surface area contributed by atoms with E-state index in [0.29, 0.717) is 6.54 Å². The molecular weight excluding hydrogens is 274 g/mol. The second-order valence-electron chi connectivity index (χ2n) is 5.50. The number of aliphatic imine (C=N–C) groups is 1. The van der Waals surface area contributed by atoms with E-state index in [0.717, 1.165) is 24.6 Å². The van der Waals surface area contributed by atoms with Crippen LogP contribution in [0.25, 0.3) is 0 Å². The highest BCUT2D eigenvalue weighted by Crippen LogP contribution is 2.10. The average molecular weight is 299 g/mol. The normalized spacial score (nSPS) is 11.5. The minimum Gasteiger partial charge on any atom is -0.357 e. The summed E-state index contributed by atoms with van der Waals surface area (Å²) in [5, 5.41) is 10.8. The SMILES string of the molecule is CCNC(=NCc1cnn(C)c1)NCc1ccc(C)cc1C. The number of guanidine groups is 1. The molecule has 1 heterocycles. The van der Waals surface area contributed by atoms with Gasteiger partial charge in [-0.1, -0.05) is 23.8 Å². The van der Waals surface area contributed by atoms with E-state index in [4.69, 9.17) is 0 Å². The van der Waals surface area contributed by atoms with Crippen LogP contribution in [0.4, 0.5) is 0 Å². The van der Waals surface area contributed by atoms with Gasteiger partial charge in [0, 0.05) is 31.9 Å². The summed E-state index contributed by atoms with van der Waals surface area (Å²) in [6.45, 7) is 8.55. The van der Waals surface area contributed by atoms with Crippen molar-refractivity contribution < 1.29 is 0 Å². The number of rotatable bonds is 5. The lowest BCUT2D eigenvalue weighted by Gasteiger charge is -2.13. The van der Waals surface area contributed by atoms with Crippen molar-refractivity contribution in [3.8, 4) is 0 Å². The number of hydrogen-bond donors (Lipinski definition) is 2. The van der Waals surface area contributed by atoms with E-state index in [9.17, 15) is 0 Å². The van der Waals surface area contributed by atoms with Gasteiger partial charge in [0.15, 0.2) is 5.96 Å².